The molecule has 0 spiro atoms. The molecule has 0 aromatic heterocycles. The summed E-state index contributed by atoms with van der Waals surface area (Å²) in [7, 11) is 0. The van der Waals surface area contributed by atoms with Crippen LogP contribution in [-0.2, 0) is 20.9 Å². The molecule has 0 aromatic carbocycles. The van der Waals surface area contributed by atoms with Gasteiger partial charge >= 0.3 is 11.9 Å². The highest BCUT2D eigenvalue weighted by molar-refractivity contribution is 7.64. The molecule has 0 radical (unpaired) electrons. The van der Waals surface area contributed by atoms with Crippen LogP contribution in [0.2, 0.25) is 0 Å². The molecule has 3 nitrogen and oxygen atoms in total. The molecule has 0 atom stereocenters. The van der Waals surface area contributed by atoms with E-state index in [-0.39, 0.29) is 17.8 Å². The Morgan fingerprint density at radius 1 is 1.83 bits per heavy atom. The topological polar surface area (TPSA) is 46.2 Å². The van der Waals surface area contributed by atoms with Crippen LogP contribution in [0.4, 0.5) is 0 Å². The summed E-state index contributed by atoms with van der Waals surface area (Å²) in [5.74, 6) is -0.310. The van der Waals surface area contributed by atoms with Crippen molar-refractivity contribution in [1.82, 2.24) is 4.72 Å². The summed E-state index contributed by atoms with van der Waals surface area (Å²) in [6.45, 7) is 1.28. The summed E-state index contributed by atoms with van der Waals surface area (Å²) in [5.41, 5.74) is 0. The summed E-state index contributed by atoms with van der Waals surface area (Å²) < 4.78 is 11.3. The minimum Gasteiger partial charge on any atom is -0.270 e. The fraction of sp³-hybridized carbons (Fsp3) is 0.500. The van der Waals surface area contributed by atoms with Gasteiger partial charge in [-0.05, 0) is 0 Å². The van der Waals surface area contributed by atoms with Crippen molar-refractivity contribution in [3.63, 3.8) is 0 Å². The molecule has 0 aliphatic heterocycles. The first kappa shape index (κ1) is 5.49. The van der Waals surface area contributed by atoms with E-state index in [1.54, 1.807) is 0 Å². The van der Waals surface area contributed by atoms with Gasteiger partial charge in [-0.15, -0.1) is 0 Å². The maximum Gasteiger partial charge on any atom is 0.627 e. The monoisotopic (exact) mass is 106 g/mol. The molecular weight excluding hydrogens is 102 g/mol. The van der Waals surface area contributed by atoms with Gasteiger partial charge in [0.15, 0.2) is 0 Å². The van der Waals surface area contributed by atoms with Crippen LogP contribution in [0.25, 0.3) is 0 Å². The van der Waals surface area contributed by atoms with Crippen LogP contribution >= 0.6 is 0 Å². The van der Waals surface area contributed by atoms with Gasteiger partial charge in [0.1, 0.15) is 0 Å². The summed E-state index contributed by atoms with van der Waals surface area (Å²) in [6, 6.07) is 0. The molecule has 34 valence electrons. The van der Waals surface area contributed by atoms with E-state index >= 15 is 0 Å². The van der Waals surface area contributed by atoms with E-state index < -0.39 is 0 Å². The average molecular weight is 106 g/mol. The van der Waals surface area contributed by atoms with Crippen molar-refractivity contribution in [1.29, 1.82) is 0 Å². The van der Waals surface area contributed by atoms with Crippen LogP contribution < -0.4 is 4.72 Å². The van der Waals surface area contributed by atoms with Crippen LogP contribution in [0.3, 0.4) is 0 Å². The normalized spacial score (nSPS) is 6.83. The lowest BCUT2D eigenvalue weighted by Crippen LogP contribution is -2.12. The summed E-state index contributed by atoms with van der Waals surface area (Å²) in [4.78, 5) is 9.71. The Morgan fingerprint density at radius 3 is 2.33 bits per heavy atom. The van der Waals surface area contributed by atoms with E-state index in [9.17, 15) is 9.00 Å². The lowest BCUT2D eigenvalue weighted by Gasteiger charge is -1.63. The molecule has 0 heterocycles. The highest BCUT2D eigenvalue weighted by atomic mass is 32.2. The second-order valence-corrected chi connectivity index (χ2v) is 1.11. The number of hydrogen-bond donors (Lipinski definition) is 1. The molecule has 0 saturated heterocycles. The summed E-state index contributed by atoms with van der Waals surface area (Å²) in [6.07, 6.45) is 0. The van der Waals surface area contributed by atoms with Gasteiger partial charge in [0, 0.05) is 6.92 Å². The Morgan fingerprint density at radius 2 is 2.33 bits per heavy atom. The average Bonchev–Trinajstić information content (AvgIpc) is 1.35. The van der Waals surface area contributed by atoms with Gasteiger partial charge in [-0.3, -0.25) is 4.79 Å². The Bertz CT molecular complexity index is 71.9. The number of amides is 1. The maximum absolute atomic E-state index is 9.71. The lowest BCUT2D eigenvalue weighted by atomic mass is 10.8. The van der Waals surface area contributed by atoms with Gasteiger partial charge in [-0.1, -0.05) is 4.72 Å². The third-order valence-electron chi connectivity index (χ3n) is 0.185. The van der Waals surface area contributed by atoms with Crippen LogP contribution in [0, 0.1) is 0 Å². The molecule has 0 saturated carbocycles. The second kappa shape index (κ2) is 2.71. The van der Waals surface area contributed by atoms with Crippen LogP contribution in [0.5, 0.6) is 0 Å². The number of rotatable bonds is 1. The molecule has 6 heavy (non-hydrogen) atoms. The lowest BCUT2D eigenvalue weighted by molar-refractivity contribution is -0.117. The van der Waals surface area contributed by atoms with Crippen LogP contribution in [-0.4, -0.2) is 5.91 Å². The van der Waals surface area contributed by atoms with E-state index in [1.807, 2.05) is 4.72 Å². The Hall–Kier alpha value is -0.510. The first-order valence-corrected chi connectivity index (χ1v) is 2.07. The quantitative estimate of drug-likeness (QED) is 0.360. The minimum atomic E-state index is -0.310. The van der Waals surface area contributed by atoms with E-state index in [2.05, 4.69) is 0 Å². The van der Waals surface area contributed by atoms with Crippen molar-refractivity contribution in [3.05, 3.63) is 0 Å². The third-order valence-corrected chi connectivity index (χ3v) is 0.556. The highest BCUT2D eigenvalue weighted by Crippen LogP contribution is 1.50. The highest BCUT2D eigenvalue weighted by Gasteiger charge is 1.95. The predicted octanol–water partition coefficient (Wildman–Crippen LogP) is -0.534. The molecule has 0 unspecified atom stereocenters. The van der Waals surface area contributed by atoms with Crippen molar-refractivity contribution in [3.8, 4) is 0 Å². The zero-order chi connectivity index (χ0) is 4.99. The van der Waals surface area contributed by atoms with Crippen molar-refractivity contribution in [2.75, 3.05) is 0 Å². The fourth-order valence-corrected chi connectivity index (χ4v) is 0.176. The zero-order valence-corrected chi connectivity index (χ0v) is 4.04. The number of hydrogen-bond acceptors (Lipinski definition) is 2. The van der Waals surface area contributed by atoms with Gasteiger partial charge in [0.05, 0.1) is 4.21 Å². The number of carbonyl (C=O) groups is 1. The maximum atomic E-state index is 9.71. The summed E-state index contributed by atoms with van der Waals surface area (Å²) >= 11 is 0.0602. The molecule has 1 N–H and O–H groups in total. The Kier molecular flexibility index (Phi) is 2.48. The Balaban J connectivity index is 3.05. The largest absolute Gasteiger partial charge is 0.627 e. The molecule has 0 bridgehead atoms. The van der Waals surface area contributed by atoms with E-state index in [4.69, 9.17) is 0 Å². The van der Waals surface area contributed by atoms with Crippen molar-refractivity contribution >= 4 is 17.8 Å². The summed E-state index contributed by atoms with van der Waals surface area (Å²) in [5, 5.41) is 0. The van der Waals surface area contributed by atoms with E-state index in [0.29, 0.717) is 0 Å². The van der Waals surface area contributed by atoms with Gasteiger partial charge in [-0.2, -0.15) is 0 Å². The molecule has 4 heteroatoms. The second-order valence-electron chi connectivity index (χ2n) is 0.742. The molecule has 0 aromatic rings. The standard InChI is InChI=1S/C2H3NO2S/c1-2(4)3-6-5/h1H3/p+1. The van der Waals surface area contributed by atoms with Crippen molar-refractivity contribution in [2.24, 2.45) is 0 Å². The van der Waals surface area contributed by atoms with Crippen molar-refractivity contribution < 1.29 is 9.00 Å². The van der Waals surface area contributed by atoms with Gasteiger partial charge < -0.3 is 0 Å². The smallest absolute Gasteiger partial charge is 0.270 e. The van der Waals surface area contributed by atoms with Gasteiger partial charge in [-0.25, -0.2) is 0 Å². The van der Waals surface area contributed by atoms with Crippen LogP contribution in [0.15, 0.2) is 0 Å². The molecule has 0 fully saturated rings. The first-order chi connectivity index (χ1) is 2.77. The van der Waals surface area contributed by atoms with Gasteiger partial charge in [0.25, 0.3) is 5.91 Å². The van der Waals surface area contributed by atoms with Crippen LogP contribution in [0.1, 0.15) is 6.92 Å². The Labute approximate surface area is 39.4 Å². The predicted molar refractivity (Wildman–Crippen MR) is 21.9 cm³/mol. The van der Waals surface area contributed by atoms with E-state index in [1.165, 1.54) is 6.92 Å². The third kappa shape index (κ3) is 3.49. The number of nitrogens with one attached hydrogen (secondary N) is 1. The zero-order valence-electron chi connectivity index (χ0n) is 3.22. The minimum absolute atomic E-state index is 0.0602. The molecule has 1 amide bonds. The molecule has 0 rings (SSSR count). The van der Waals surface area contributed by atoms with Gasteiger partial charge in [0.2, 0.25) is 0 Å². The molecule has 0 aliphatic rings. The fourth-order valence-electron chi connectivity index (χ4n) is 0.0587. The first-order valence-electron chi connectivity index (χ1n) is 1.32. The molecule has 0 aliphatic carbocycles. The SMILES string of the molecule is CC(=O)N[S+]=O. The molecular formula is C2H4NO2S+. The van der Waals surface area contributed by atoms with Crippen molar-refractivity contribution in [2.45, 2.75) is 6.92 Å². The number of carbonyl (C=O) groups excluding carboxylic acids is 1. The van der Waals surface area contributed by atoms with E-state index in [0.717, 1.165) is 0 Å².